The number of hydrogen-bond donors (Lipinski definition) is 2. The minimum absolute atomic E-state index is 0.152. The lowest BCUT2D eigenvalue weighted by molar-refractivity contribution is -0.143. The molecule has 0 fully saturated rings. The van der Waals surface area contributed by atoms with Crippen LogP contribution >= 0.6 is 0 Å². The minimum Gasteiger partial charge on any atom is -0.488 e. The summed E-state index contributed by atoms with van der Waals surface area (Å²) in [7, 11) is 0. The lowest BCUT2D eigenvalue weighted by Crippen LogP contribution is -2.46. The Hall–Kier alpha value is -2.51. The monoisotopic (exact) mass is 503 g/mol. The normalized spacial score (nSPS) is 14.5. The second kappa shape index (κ2) is 13.2. The molecule has 0 aliphatic heterocycles. The lowest BCUT2D eigenvalue weighted by atomic mass is 9.88. The number of ether oxygens (including phenoxy) is 2. The number of β-amino-alcohol motifs (C(OH)–C–C–N with tert-alkyl or cyclic N) is 1. The summed E-state index contributed by atoms with van der Waals surface area (Å²) in [4.78, 5) is 11.4. The van der Waals surface area contributed by atoms with Crippen LogP contribution in [0, 0.1) is 17.6 Å². The third kappa shape index (κ3) is 8.56. The quantitative estimate of drug-likeness (QED) is 0.276. The van der Waals surface area contributed by atoms with Crippen molar-refractivity contribution in [1.82, 2.24) is 5.32 Å². The molecule has 0 bridgehead atoms. The Morgan fingerprint density at radius 3 is 2.53 bits per heavy atom. The van der Waals surface area contributed by atoms with Crippen molar-refractivity contribution in [3.05, 3.63) is 64.7 Å². The number of unbranched alkanes of at least 4 members (excludes halogenated alkanes) is 1. The molecular weight excluding hydrogens is 464 g/mol. The molecule has 0 spiro atoms. The smallest absolute Gasteiger partial charge is 0.305 e. The zero-order chi connectivity index (χ0) is 26.1. The highest BCUT2D eigenvalue weighted by Gasteiger charge is 2.28. The highest BCUT2D eigenvalue weighted by Crippen LogP contribution is 2.32. The summed E-state index contributed by atoms with van der Waals surface area (Å²) < 4.78 is 38.7. The molecule has 1 atom stereocenters. The van der Waals surface area contributed by atoms with E-state index in [0.29, 0.717) is 43.8 Å². The number of esters is 1. The Morgan fingerprint density at radius 2 is 1.86 bits per heavy atom. The Kier molecular flexibility index (Phi) is 10.3. The fourth-order valence-corrected chi connectivity index (χ4v) is 4.93. The number of nitrogens with one attached hydrogen (secondary N) is 1. The van der Waals surface area contributed by atoms with E-state index in [9.17, 15) is 18.7 Å². The number of fused-ring (bicyclic) bond motifs is 1. The van der Waals surface area contributed by atoms with Crippen LogP contribution in [0.2, 0.25) is 0 Å². The second-order valence-corrected chi connectivity index (χ2v) is 10.4. The number of carbonyl (C=O) groups is 1. The topological polar surface area (TPSA) is 67.8 Å². The van der Waals surface area contributed by atoms with Gasteiger partial charge in [0.15, 0.2) is 11.6 Å². The number of halogens is 2. The summed E-state index contributed by atoms with van der Waals surface area (Å²) in [6, 6.07) is 11.2. The maximum atomic E-state index is 14.3. The average Bonchev–Trinajstić information content (AvgIpc) is 3.23. The highest BCUT2D eigenvalue weighted by molar-refractivity contribution is 5.69. The Bertz CT molecular complexity index is 986. The van der Waals surface area contributed by atoms with Crippen LogP contribution in [0.15, 0.2) is 36.4 Å². The molecule has 36 heavy (non-hydrogen) atoms. The molecule has 7 heteroatoms. The largest absolute Gasteiger partial charge is 0.488 e. The van der Waals surface area contributed by atoms with Gasteiger partial charge in [0, 0.05) is 18.5 Å². The predicted octanol–water partition coefficient (Wildman–Crippen LogP) is 5.15. The van der Waals surface area contributed by atoms with Crippen molar-refractivity contribution in [1.29, 1.82) is 0 Å². The average molecular weight is 504 g/mol. The Labute approximate surface area is 213 Å². The van der Waals surface area contributed by atoms with Crippen LogP contribution < -0.4 is 10.1 Å². The maximum Gasteiger partial charge on any atom is 0.305 e. The fourth-order valence-electron chi connectivity index (χ4n) is 4.93. The molecule has 0 radical (unpaired) electrons. The fraction of sp³-hybridized carbons (Fsp3) is 0.552. The molecule has 1 aliphatic rings. The molecule has 1 unspecified atom stereocenters. The molecule has 2 N–H and O–H groups in total. The minimum atomic E-state index is -1.06. The van der Waals surface area contributed by atoms with Gasteiger partial charge in [0.1, 0.15) is 12.7 Å². The second-order valence-electron chi connectivity index (χ2n) is 10.4. The van der Waals surface area contributed by atoms with Gasteiger partial charge in [-0.25, -0.2) is 4.39 Å². The zero-order valence-electron chi connectivity index (χ0n) is 21.6. The van der Waals surface area contributed by atoms with Gasteiger partial charge < -0.3 is 19.9 Å². The number of benzene rings is 2. The molecule has 0 aromatic heterocycles. The van der Waals surface area contributed by atoms with E-state index in [0.717, 1.165) is 25.3 Å². The SMILES string of the molecule is CCOC(=O)CCCCc1cc(F)c(F)c(OCC(O)CNC(C)(C)CC2Cc3ccccc3C2)c1. The van der Waals surface area contributed by atoms with E-state index in [1.165, 1.54) is 17.2 Å². The summed E-state index contributed by atoms with van der Waals surface area (Å²) in [5.74, 6) is -1.97. The summed E-state index contributed by atoms with van der Waals surface area (Å²) in [5, 5.41) is 13.8. The van der Waals surface area contributed by atoms with Crippen molar-refractivity contribution < 1.29 is 28.2 Å². The molecule has 0 saturated carbocycles. The zero-order valence-corrected chi connectivity index (χ0v) is 21.6. The van der Waals surface area contributed by atoms with Gasteiger partial charge in [-0.1, -0.05) is 24.3 Å². The molecule has 0 amide bonds. The first-order chi connectivity index (χ1) is 17.2. The third-order valence-corrected chi connectivity index (χ3v) is 6.64. The molecular formula is C29H39F2NO4. The molecule has 0 saturated heterocycles. The first kappa shape index (κ1) is 28.1. The number of aliphatic hydroxyl groups excluding tert-OH is 1. The summed E-state index contributed by atoms with van der Waals surface area (Å²) >= 11 is 0. The third-order valence-electron chi connectivity index (χ3n) is 6.64. The number of aliphatic hydroxyl groups is 1. The molecule has 198 valence electrons. The summed E-state index contributed by atoms with van der Waals surface area (Å²) in [6.45, 7) is 6.46. The van der Waals surface area contributed by atoms with Crippen molar-refractivity contribution in [2.24, 2.45) is 5.92 Å². The van der Waals surface area contributed by atoms with Crippen LogP contribution in [-0.2, 0) is 28.8 Å². The van der Waals surface area contributed by atoms with Gasteiger partial charge in [-0.05, 0) is 94.0 Å². The first-order valence-electron chi connectivity index (χ1n) is 12.9. The van der Waals surface area contributed by atoms with E-state index in [2.05, 4.69) is 43.4 Å². The van der Waals surface area contributed by atoms with E-state index in [4.69, 9.17) is 9.47 Å². The van der Waals surface area contributed by atoms with Crippen LogP contribution in [0.3, 0.4) is 0 Å². The molecule has 2 aromatic rings. The van der Waals surface area contributed by atoms with E-state index in [1.807, 2.05) is 0 Å². The van der Waals surface area contributed by atoms with Gasteiger partial charge in [0.05, 0.1) is 6.61 Å². The molecule has 5 nitrogen and oxygen atoms in total. The number of rotatable bonds is 14. The molecule has 1 aliphatic carbocycles. The van der Waals surface area contributed by atoms with Crippen molar-refractivity contribution in [2.45, 2.75) is 77.4 Å². The van der Waals surface area contributed by atoms with Crippen molar-refractivity contribution in [3.8, 4) is 5.75 Å². The molecule has 3 rings (SSSR count). The number of hydrogen-bond acceptors (Lipinski definition) is 5. The summed E-state index contributed by atoms with van der Waals surface area (Å²) in [6.07, 6.45) is 4.24. The van der Waals surface area contributed by atoms with Gasteiger partial charge in [0.2, 0.25) is 5.82 Å². The summed E-state index contributed by atoms with van der Waals surface area (Å²) in [5.41, 5.74) is 3.23. The van der Waals surface area contributed by atoms with Gasteiger partial charge in [0.25, 0.3) is 0 Å². The Balaban J connectivity index is 1.43. The highest BCUT2D eigenvalue weighted by atomic mass is 19.2. The van der Waals surface area contributed by atoms with Crippen molar-refractivity contribution in [2.75, 3.05) is 19.8 Å². The number of aryl methyl sites for hydroxylation is 1. The van der Waals surface area contributed by atoms with Crippen LogP contribution in [0.25, 0.3) is 0 Å². The van der Waals surface area contributed by atoms with Crippen molar-refractivity contribution in [3.63, 3.8) is 0 Å². The van der Waals surface area contributed by atoms with E-state index < -0.39 is 17.7 Å². The molecule has 0 heterocycles. The first-order valence-corrected chi connectivity index (χ1v) is 12.9. The van der Waals surface area contributed by atoms with Gasteiger partial charge in [-0.3, -0.25) is 4.79 Å². The van der Waals surface area contributed by atoms with Gasteiger partial charge in [-0.2, -0.15) is 4.39 Å². The maximum absolute atomic E-state index is 14.3. The van der Waals surface area contributed by atoms with Gasteiger partial charge >= 0.3 is 5.97 Å². The number of carbonyl (C=O) groups excluding carboxylic acids is 1. The predicted molar refractivity (Wildman–Crippen MR) is 136 cm³/mol. The van der Waals surface area contributed by atoms with Crippen LogP contribution in [0.1, 0.15) is 63.1 Å². The van der Waals surface area contributed by atoms with Crippen LogP contribution in [0.4, 0.5) is 8.78 Å². The van der Waals surface area contributed by atoms with Gasteiger partial charge in [-0.15, -0.1) is 0 Å². The Morgan fingerprint density at radius 1 is 1.17 bits per heavy atom. The van der Waals surface area contributed by atoms with E-state index in [1.54, 1.807) is 6.92 Å². The van der Waals surface area contributed by atoms with E-state index in [-0.39, 0.29) is 30.4 Å². The van der Waals surface area contributed by atoms with Crippen molar-refractivity contribution >= 4 is 5.97 Å². The van der Waals surface area contributed by atoms with Crippen LogP contribution in [0.5, 0.6) is 5.75 Å². The molecule has 2 aromatic carbocycles. The van der Waals surface area contributed by atoms with Crippen LogP contribution in [-0.4, -0.2) is 42.5 Å². The lowest BCUT2D eigenvalue weighted by Gasteiger charge is -2.30. The standard InChI is InChI=1S/C29H39F2NO4/c1-4-35-27(34)12-8-5-9-20-15-25(30)28(31)26(16-20)36-19-24(33)18-32-29(2,3)17-21-13-22-10-6-7-11-23(22)14-21/h6-7,10-11,15-16,21,24,32-33H,4-5,8-9,12-14,17-19H2,1-3H3. The van der Waals surface area contributed by atoms with E-state index >= 15 is 0 Å².